The van der Waals surface area contributed by atoms with Gasteiger partial charge in [-0.1, -0.05) is 11.3 Å². The van der Waals surface area contributed by atoms with Gasteiger partial charge < -0.3 is 10.1 Å². The number of anilines is 1. The molecule has 2 heterocycles. The Morgan fingerprint density at radius 2 is 2.08 bits per heavy atom. The summed E-state index contributed by atoms with van der Waals surface area (Å²) in [5.41, 5.74) is -0.651. The lowest BCUT2D eigenvalue weighted by molar-refractivity contribution is -0.141. The number of fused-ring (bicyclic) bond motifs is 1. The second-order valence-electron chi connectivity index (χ2n) is 4.97. The van der Waals surface area contributed by atoms with Crippen molar-refractivity contribution in [3.05, 3.63) is 36.2 Å². The number of carbonyl (C=O) groups is 1. The van der Waals surface area contributed by atoms with Gasteiger partial charge in [0.1, 0.15) is 12.3 Å². The molecule has 1 aromatic carbocycles. The first-order valence-corrected chi connectivity index (χ1v) is 7.78. The maximum Gasteiger partial charge on any atom is 0.435 e. The van der Waals surface area contributed by atoms with Crippen molar-refractivity contribution >= 4 is 32.6 Å². The molecule has 1 N–H and O–H groups in total. The molecule has 0 radical (unpaired) electrons. The van der Waals surface area contributed by atoms with Crippen molar-refractivity contribution < 1.29 is 31.5 Å². The topological polar surface area (TPSA) is 69.0 Å². The fourth-order valence-electron chi connectivity index (χ4n) is 2.04. The first kappa shape index (κ1) is 18.0. The van der Waals surface area contributed by atoms with Crippen LogP contribution in [0.15, 0.2) is 30.5 Å². The van der Waals surface area contributed by atoms with E-state index in [2.05, 4.69) is 20.1 Å². The van der Waals surface area contributed by atoms with Gasteiger partial charge in [-0.05, 0) is 24.3 Å². The first-order chi connectivity index (χ1) is 12.2. The van der Waals surface area contributed by atoms with Gasteiger partial charge in [0.2, 0.25) is 5.91 Å². The molecule has 0 spiro atoms. The number of hydrogen-bond acceptors (Lipinski definition) is 5. The number of ether oxygens (including phenoxy) is 1. The molecule has 0 saturated heterocycles. The zero-order chi connectivity index (χ0) is 18.9. The standard InChI is InChI=1S/C14H9F5N4O2S/c15-12(16)25-7-1-2-8-9(5-7)26-13(20-8)21-11(24)6-23-4-3-10(22-23)14(17,18)19/h1-5,12H,6H2,(H,20,21,24). The molecule has 26 heavy (non-hydrogen) atoms. The van der Waals surface area contributed by atoms with Crippen LogP contribution in [-0.2, 0) is 17.5 Å². The van der Waals surface area contributed by atoms with Crippen LogP contribution in [-0.4, -0.2) is 27.3 Å². The van der Waals surface area contributed by atoms with Crippen LogP contribution in [0.5, 0.6) is 5.75 Å². The van der Waals surface area contributed by atoms with Gasteiger partial charge in [-0.15, -0.1) is 0 Å². The predicted octanol–water partition coefficient (Wildman–Crippen LogP) is 3.75. The van der Waals surface area contributed by atoms with Crippen molar-refractivity contribution in [3.63, 3.8) is 0 Å². The summed E-state index contributed by atoms with van der Waals surface area (Å²) in [6, 6.07) is 4.86. The van der Waals surface area contributed by atoms with E-state index in [1.807, 2.05) is 0 Å². The van der Waals surface area contributed by atoms with E-state index < -0.39 is 30.9 Å². The number of carbonyl (C=O) groups excluding carboxylic acids is 1. The molecule has 0 atom stereocenters. The lowest BCUT2D eigenvalue weighted by Gasteiger charge is -2.03. The van der Waals surface area contributed by atoms with Gasteiger partial charge in [0.25, 0.3) is 0 Å². The maximum atomic E-state index is 12.5. The molecule has 0 fully saturated rings. The van der Waals surface area contributed by atoms with E-state index in [0.717, 1.165) is 28.3 Å². The SMILES string of the molecule is O=C(Cn1ccc(C(F)(F)F)n1)Nc1nc2ccc(OC(F)F)cc2s1. The summed E-state index contributed by atoms with van der Waals surface area (Å²) >= 11 is 1.01. The molecule has 0 bridgehead atoms. The largest absolute Gasteiger partial charge is 0.435 e. The van der Waals surface area contributed by atoms with Crippen LogP contribution in [0.4, 0.5) is 27.1 Å². The van der Waals surface area contributed by atoms with Crippen LogP contribution in [0.2, 0.25) is 0 Å². The van der Waals surface area contributed by atoms with Gasteiger partial charge in [0, 0.05) is 6.20 Å². The molecular weight excluding hydrogens is 383 g/mol. The molecule has 138 valence electrons. The summed E-state index contributed by atoms with van der Waals surface area (Å²) in [7, 11) is 0. The number of nitrogens with one attached hydrogen (secondary N) is 1. The highest BCUT2D eigenvalue weighted by Gasteiger charge is 2.33. The second-order valence-corrected chi connectivity index (χ2v) is 6.00. The predicted molar refractivity (Wildman–Crippen MR) is 82.1 cm³/mol. The molecular formula is C14H9F5N4O2S. The van der Waals surface area contributed by atoms with E-state index in [1.54, 1.807) is 0 Å². The molecule has 0 unspecified atom stereocenters. The highest BCUT2D eigenvalue weighted by atomic mass is 32.1. The van der Waals surface area contributed by atoms with Gasteiger partial charge in [-0.2, -0.15) is 27.1 Å². The Morgan fingerprint density at radius 3 is 2.73 bits per heavy atom. The Bertz CT molecular complexity index is 937. The molecule has 2 aromatic heterocycles. The van der Waals surface area contributed by atoms with Crippen LogP contribution in [0, 0.1) is 0 Å². The normalized spacial score (nSPS) is 11.9. The average molecular weight is 392 g/mol. The number of aromatic nitrogens is 3. The minimum atomic E-state index is -4.59. The number of benzene rings is 1. The molecule has 0 aliphatic heterocycles. The summed E-state index contributed by atoms with van der Waals surface area (Å²) in [5, 5.41) is 5.87. The van der Waals surface area contributed by atoms with Gasteiger partial charge in [0.15, 0.2) is 10.8 Å². The van der Waals surface area contributed by atoms with Crippen molar-refractivity contribution in [1.29, 1.82) is 0 Å². The van der Waals surface area contributed by atoms with Crippen molar-refractivity contribution in [2.24, 2.45) is 0 Å². The first-order valence-electron chi connectivity index (χ1n) is 6.96. The molecule has 0 saturated carbocycles. The minimum Gasteiger partial charge on any atom is -0.435 e. The number of amides is 1. The number of rotatable bonds is 5. The Morgan fingerprint density at radius 1 is 1.31 bits per heavy atom. The minimum absolute atomic E-state index is 0.0507. The molecule has 6 nitrogen and oxygen atoms in total. The number of alkyl halides is 5. The Balaban J connectivity index is 1.68. The lowest BCUT2D eigenvalue weighted by Crippen LogP contribution is -2.19. The number of halogens is 5. The molecule has 0 aliphatic carbocycles. The number of thiazole rings is 1. The summed E-state index contributed by atoms with van der Waals surface area (Å²) in [5.74, 6) is -0.685. The quantitative estimate of drug-likeness (QED) is 0.672. The fourth-order valence-corrected chi connectivity index (χ4v) is 2.95. The highest BCUT2D eigenvalue weighted by molar-refractivity contribution is 7.22. The van der Waals surface area contributed by atoms with E-state index in [9.17, 15) is 26.7 Å². The summed E-state index contributed by atoms with van der Waals surface area (Å²) in [6.45, 7) is -3.40. The summed E-state index contributed by atoms with van der Waals surface area (Å²) in [4.78, 5) is 16.0. The van der Waals surface area contributed by atoms with Crippen LogP contribution >= 0.6 is 11.3 Å². The van der Waals surface area contributed by atoms with E-state index in [4.69, 9.17) is 0 Å². The third kappa shape index (κ3) is 4.25. The van der Waals surface area contributed by atoms with Crippen LogP contribution < -0.4 is 10.1 Å². The van der Waals surface area contributed by atoms with Crippen molar-refractivity contribution in [2.75, 3.05) is 5.32 Å². The van der Waals surface area contributed by atoms with Gasteiger partial charge in [-0.25, -0.2) is 4.98 Å². The molecule has 0 aliphatic rings. The van der Waals surface area contributed by atoms with Gasteiger partial charge >= 0.3 is 12.8 Å². The lowest BCUT2D eigenvalue weighted by atomic mass is 10.3. The molecule has 3 rings (SSSR count). The third-order valence-corrected chi connectivity index (χ3v) is 4.00. The Labute approximate surface area is 146 Å². The summed E-state index contributed by atoms with van der Waals surface area (Å²) in [6.07, 6.45) is -3.55. The average Bonchev–Trinajstić information content (AvgIpc) is 3.11. The van der Waals surface area contributed by atoms with Crippen LogP contribution in [0.1, 0.15) is 5.69 Å². The maximum absolute atomic E-state index is 12.5. The molecule has 12 heteroatoms. The van der Waals surface area contributed by atoms with E-state index in [-0.39, 0.29) is 10.9 Å². The van der Waals surface area contributed by atoms with E-state index >= 15 is 0 Å². The van der Waals surface area contributed by atoms with Gasteiger partial charge in [-0.3, -0.25) is 9.48 Å². The zero-order valence-electron chi connectivity index (χ0n) is 12.6. The van der Waals surface area contributed by atoms with Gasteiger partial charge in [0.05, 0.1) is 10.2 Å². The van der Waals surface area contributed by atoms with Crippen molar-refractivity contribution in [1.82, 2.24) is 14.8 Å². The third-order valence-electron chi connectivity index (χ3n) is 3.07. The van der Waals surface area contributed by atoms with Crippen molar-refractivity contribution in [2.45, 2.75) is 19.3 Å². The van der Waals surface area contributed by atoms with Crippen LogP contribution in [0.3, 0.4) is 0 Å². The Hall–Kier alpha value is -2.76. The van der Waals surface area contributed by atoms with E-state index in [0.29, 0.717) is 10.2 Å². The number of hydrogen-bond donors (Lipinski definition) is 1. The summed E-state index contributed by atoms with van der Waals surface area (Å²) < 4.78 is 67.5. The van der Waals surface area contributed by atoms with Crippen molar-refractivity contribution in [3.8, 4) is 5.75 Å². The highest BCUT2D eigenvalue weighted by Crippen LogP contribution is 2.30. The second kappa shape index (κ2) is 6.86. The Kier molecular flexibility index (Phi) is 4.76. The van der Waals surface area contributed by atoms with E-state index in [1.165, 1.54) is 18.2 Å². The smallest absolute Gasteiger partial charge is 0.435 e. The van der Waals surface area contributed by atoms with Crippen LogP contribution in [0.25, 0.3) is 10.2 Å². The monoisotopic (exact) mass is 392 g/mol. The zero-order valence-corrected chi connectivity index (χ0v) is 13.4. The fraction of sp³-hybridized carbons (Fsp3) is 0.214. The molecule has 1 amide bonds. The number of nitrogens with zero attached hydrogens (tertiary/aromatic N) is 3. The molecule has 3 aromatic rings.